The third-order valence-corrected chi connectivity index (χ3v) is 3.57. The molecule has 1 aromatic heterocycles. The molecule has 0 radical (unpaired) electrons. The number of benzene rings is 1. The molecular formula is C17H22N4O. The molecule has 22 heavy (non-hydrogen) atoms. The van der Waals surface area contributed by atoms with E-state index in [0.29, 0.717) is 18.8 Å². The average Bonchev–Trinajstić information content (AvgIpc) is 2.58. The highest BCUT2D eigenvalue weighted by Crippen LogP contribution is 2.22. The van der Waals surface area contributed by atoms with E-state index in [-0.39, 0.29) is 5.91 Å². The standard InChI is InChI=1S/C17H22N4O/c1-4-20(5-2)17(22)15-12-19-16(13-18-15)21(6-3)14-10-8-7-9-11-14/h7-13H,4-6H2,1-3H3. The number of hydrogen-bond acceptors (Lipinski definition) is 4. The second kappa shape index (κ2) is 7.54. The van der Waals surface area contributed by atoms with Crippen LogP contribution in [0.15, 0.2) is 42.7 Å². The maximum Gasteiger partial charge on any atom is 0.274 e. The van der Waals surface area contributed by atoms with Crippen molar-refractivity contribution < 1.29 is 4.79 Å². The zero-order valence-corrected chi connectivity index (χ0v) is 13.4. The van der Waals surface area contributed by atoms with Crippen LogP contribution in [0, 0.1) is 0 Å². The minimum atomic E-state index is -0.0770. The van der Waals surface area contributed by atoms with E-state index in [4.69, 9.17) is 0 Å². The lowest BCUT2D eigenvalue weighted by atomic mass is 10.3. The summed E-state index contributed by atoms with van der Waals surface area (Å²) in [4.78, 5) is 24.7. The van der Waals surface area contributed by atoms with Crippen molar-refractivity contribution in [2.75, 3.05) is 24.5 Å². The van der Waals surface area contributed by atoms with Crippen molar-refractivity contribution in [3.05, 3.63) is 48.4 Å². The first-order chi connectivity index (χ1) is 10.7. The van der Waals surface area contributed by atoms with Gasteiger partial charge in [-0.1, -0.05) is 18.2 Å². The Bertz CT molecular complexity index is 594. The normalized spacial score (nSPS) is 10.3. The maximum atomic E-state index is 12.2. The van der Waals surface area contributed by atoms with Gasteiger partial charge in [0.1, 0.15) is 5.69 Å². The summed E-state index contributed by atoms with van der Waals surface area (Å²) in [6.07, 6.45) is 3.22. The fraction of sp³-hybridized carbons (Fsp3) is 0.353. The fourth-order valence-electron chi connectivity index (χ4n) is 2.33. The van der Waals surface area contributed by atoms with Crippen LogP contribution in [0.4, 0.5) is 11.5 Å². The monoisotopic (exact) mass is 298 g/mol. The van der Waals surface area contributed by atoms with Crippen LogP contribution in [-0.2, 0) is 0 Å². The largest absolute Gasteiger partial charge is 0.338 e. The number of nitrogens with zero attached hydrogens (tertiary/aromatic N) is 4. The second-order valence-corrected chi connectivity index (χ2v) is 4.82. The van der Waals surface area contributed by atoms with Crippen LogP contribution in [0.25, 0.3) is 0 Å². The summed E-state index contributed by atoms with van der Waals surface area (Å²) in [5, 5.41) is 0. The maximum absolute atomic E-state index is 12.2. The van der Waals surface area contributed by atoms with Crippen molar-refractivity contribution in [3.63, 3.8) is 0 Å². The number of aromatic nitrogens is 2. The van der Waals surface area contributed by atoms with E-state index in [0.717, 1.165) is 18.1 Å². The fourth-order valence-corrected chi connectivity index (χ4v) is 2.33. The van der Waals surface area contributed by atoms with Crippen LogP contribution in [0.3, 0.4) is 0 Å². The average molecular weight is 298 g/mol. The Balaban J connectivity index is 2.22. The van der Waals surface area contributed by atoms with Crippen LogP contribution >= 0.6 is 0 Å². The lowest BCUT2D eigenvalue weighted by Crippen LogP contribution is -2.31. The molecule has 2 aromatic rings. The molecule has 0 fully saturated rings. The Morgan fingerprint density at radius 3 is 2.14 bits per heavy atom. The molecule has 116 valence electrons. The minimum Gasteiger partial charge on any atom is -0.338 e. The van der Waals surface area contributed by atoms with Gasteiger partial charge in [-0.2, -0.15) is 0 Å². The minimum absolute atomic E-state index is 0.0770. The molecule has 0 saturated heterocycles. The molecule has 5 heteroatoms. The number of rotatable bonds is 6. The summed E-state index contributed by atoms with van der Waals surface area (Å²) in [5.74, 6) is 0.664. The molecule has 0 saturated carbocycles. The van der Waals surface area contributed by atoms with E-state index in [1.165, 1.54) is 0 Å². The zero-order valence-electron chi connectivity index (χ0n) is 13.4. The van der Waals surface area contributed by atoms with E-state index in [1.54, 1.807) is 17.3 Å². The molecule has 2 rings (SSSR count). The molecule has 1 amide bonds. The number of amides is 1. The molecule has 0 aliphatic rings. The zero-order chi connectivity index (χ0) is 15.9. The molecule has 1 heterocycles. The third kappa shape index (κ3) is 3.42. The van der Waals surface area contributed by atoms with Gasteiger partial charge >= 0.3 is 0 Å². The third-order valence-electron chi connectivity index (χ3n) is 3.57. The number of carbonyl (C=O) groups excluding carboxylic acids is 1. The van der Waals surface area contributed by atoms with Gasteiger partial charge < -0.3 is 9.80 Å². The van der Waals surface area contributed by atoms with Crippen molar-refractivity contribution in [3.8, 4) is 0 Å². The summed E-state index contributed by atoms with van der Waals surface area (Å²) in [5.41, 5.74) is 1.44. The van der Waals surface area contributed by atoms with Crippen LogP contribution in [0.5, 0.6) is 0 Å². The molecule has 0 aliphatic carbocycles. The number of anilines is 2. The Morgan fingerprint density at radius 1 is 0.955 bits per heavy atom. The second-order valence-electron chi connectivity index (χ2n) is 4.82. The highest BCUT2D eigenvalue weighted by molar-refractivity contribution is 5.92. The van der Waals surface area contributed by atoms with E-state index >= 15 is 0 Å². The van der Waals surface area contributed by atoms with Crippen LogP contribution in [-0.4, -0.2) is 40.4 Å². The quantitative estimate of drug-likeness (QED) is 0.822. The van der Waals surface area contributed by atoms with Gasteiger partial charge in [0.25, 0.3) is 5.91 Å². The predicted molar refractivity (Wildman–Crippen MR) is 88.4 cm³/mol. The van der Waals surface area contributed by atoms with Gasteiger partial charge in [-0.15, -0.1) is 0 Å². The van der Waals surface area contributed by atoms with Crippen molar-refractivity contribution in [1.29, 1.82) is 0 Å². The molecule has 0 atom stereocenters. The molecule has 0 unspecified atom stereocenters. The first-order valence-corrected chi connectivity index (χ1v) is 7.65. The summed E-state index contributed by atoms with van der Waals surface area (Å²) >= 11 is 0. The predicted octanol–water partition coefficient (Wildman–Crippen LogP) is 3.12. The van der Waals surface area contributed by atoms with Crippen LogP contribution in [0.2, 0.25) is 0 Å². The number of carbonyl (C=O) groups is 1. The van der Waals surface area contributed by atoms with Crippen molar-refractivity contribution in [2.24, 2.45) is 0 Å². The molecule has 0 N–H and O–H groups in total. The number of hydrogen-bond donors (Lipinski definition) is 0. The first-order valence-electron chi connectivity index (χ1n) is 7.65. The first kappa shape index (κ1) is 15.9. The topological polar surface area (TPSA) is 49.3 Å². The molecule has 0 bridgehead atoms. The summed E-state index contributed by atoms with van der Waals surface area (Å²) in [7, 11) is 0. The van der Waals surface area contributed by atoms with E-state index in [9.17, 15) is 4.79 Å². The molecule has 0 spiro atoms. The highest BCUT2D eigenvalue weighted by atomic mass is 16.2. The van der Waals surface area contributed by atoms with Crippen molar-refractivity contribution >= 4 is 17.4 Å². The van der Waals surface area contributed by atoms with Gasteiger partial charge in [0, 0.05) is 25.3 Å². The van der Waals surface area contributed by atoms with E-state index in [2.05, 4.69) is 21.8 Å². The van der Waals surface area contributed by atoms with E-state index in [1.807, 2.05) is 44.2 Å². The molecular weight excluding hydrogens is 276 g/mol. The summed E-state index contributed by atoms with van der Waals surface area (Å²) in [6, 6.07) is 10.0. The lowest BCUT2D eigenvalue weighted by Gasteiger charge is -2.22. The van der Waals surface area contributed by atoms with Crippen LogP contribution in [0.1, 0.15) is 31.3 Å². The van der Waals surface area contributed by atoms with Gasteiger partial charge in [0.2, 0.25) is 0 Å². The molecule has 0 aliphatic heterocycles. The highest BCUT2D eigenvalue weighted by Gasteiger charge is 2.15. The molecule has 5 nitrogen and oxygen atoms in total. The molecule has 1 aromatic carbocycles. The van der Waals surface area contributed by atoms with Gasteiger partial charge in [-0.25, -0.2) is 9.97 Å². The van der Waals surface area contributed by atoms with E-state index < -0.39 is 0 Å². The Kier molecular flexibility index (Phi) is 5.47. The lowest BCUT2D eigenvalue weighted by molar-refractivity contribution is 0.0766. The van der Waals surface area contributed by atoms with Crippen molar-refractivity contribution in [1.82, 2.24) is 14.9 Å². The SMILES string of the molecule is CCN(CC)C(=O)c1cnc(N(CC)c2ccccc2)cn1. The van der Waals surface area contributed by atoms with Gasteiger partial charge in [0.05, 0.1) is 12.4 Å². The Morgan fingerprint density at radius 2 is 1.64 bits per heavy atom. The van der Waals surface area contributed by atoms with Gasteiger partial charge in [0.15, 0.2) is 5.82 Å². The van der Waals surface area contributed by atoms with Gasteiger partial charge in [-0.3, -0.25) is 4.79 Å². The Labute approximate surface area is 131 Å². The smallest absolute Gasteiger partial charge is 0.274 e. The summed E-state index contributed by atoms with van der Waals surface area (Å²) < 4.78 is 0. The van der Waals surface area contributed by atoms with Gasteiger partial charge in [-0.05, 0) is 32.9 Å². The summed E-state index contributed by atoms with van der Waals surface area (Å²) in [6.45, 7) is 8.09. The van der Waals surface area contributed by atoms with Crippen LogP contribution < -0.4 is 4.90 Å². The van der Waals surface area contributed by atoms with Crippen molar-refractivity contribution in [2.45, 2.75) is 20.8 Å². The number of para-hydroxylation sites is 1. The Hall–Kier alpha value is -2.43.